The number of carbonyl (C=O) groups is 1. The van der Waals surface area contributed by atoms with Gasteiger partial charge in [-0.2, -0.15) is 13.2 Å². The summed E-state index contributed by atoms with van der Waals surface area (Å²) in [5, 5.41) is 5.32. The highest BCUT2D eigenvalue weighted by Gasteiger charge is 2.32. The van der Waals surface area contributed by atoms with Gasteiger partial charge in [-0.05, 0) is 48.5 Å². The lowest BCUT2D eigenvalue weighted by molar-refractivity contribution is -0.137. The first-order chi connectivity index (χ1) is 18.8. The van der Waals surface area contributed by atoms with Crippen LogP contribution in [0, 0.1) is 5.82 Å². The van der Waals surface area contributed by atoms with Crippen molar-refractivity contribution in [2.75, 3.05) is 23.8 Å². The Morgan fingerprint density at radius 3 is 2.67 bits per heavy atom. The number of rotatable bonds is 7. The molecule has 1 unspecified atom stereocenters. The fourth-order valence-corrected chi connectivity index (χ4v) is 3.96. The zero-order valence-corrected chi connectivity index (χ0v) is 20.2. The SMILES string of the molecule is O=C(Nc1cc(OC2CCOC2)cc(C(F)(F)F)c1)c1ccc(F)c(Nc2ncccc2-c2ccncn2)c1. The fourth-order valence-electron chi connectivity index (χ4n) is 3.96. The molecule has 4 aromatic rings. The summed E-state index contributed by atoms with van der Waals surface area (Å²) in [5.74, 6) is -1.18. The van der Waals surface area contributed by atoms with E-state index in [1.54, 1.807) is 24.4 Å². The summed E-state index contributed by atoms with van der Waals surface area (Å²) in [7, 11) is 0. The number of anilines is 3. The lowest BCUT2D eigenvalue weighted by Gasteiger charge is -2.17. The maximum absolute atomic E-state index is 14.7. The molecule has 0 aliphatic carbocycles. The molecule has 200 valence electrons. The molecule has 39 heavy (non-hydrogen) atoms. The molecule has 8 nitrogen and oxygen atoms in total. The van der Waals surface area contributed by atoms with Crippen molar-refractivity contribution in [1.82, 2.24) is 15.0 Å². The van der Waals surface area contributed by atoms with Crippen LogP contribution >= 0.6 is 0 Å². The zero-order valence-electron chi connectivity index (χ0n) is 20.2. The first kappa shape index (κ1) is 26.0. The van der Waals surface area contributed by atoms with Gasteiger partial charge in [0.05, 0.1) is 30.2 Å². The van der Waals surface area contributed by atoms with E-state index in [-0.39, 0.29) is 41.2 Å². The van der Waals surface area contributed by atoms with E-state index in [2.05, 4.69) is 25.6 Å². The van der Waals surface area contributed by atoms with Crippen molar-refractivity contribution >= 4 is 23.1 Å². The van der Waals surface area contributed by atoms with Gasteiger partial charge in [0, 0.05) is 41.7 Å². The molecule has 2 aromatic carbocycles. The van der Waals surface area contributed by atoms with Crippen molar-refractivity contribution in [1.29, 1.82) is 0 Å². The number of halogens is 4. The number of hydrogen-bond acceptors (Lipinski definition) is 7. The molecule has 0 radical (unpaired) electrons. The van der Waals surface area contributed by atoms with Crippen LogP contribution in [-0.4, -0.2) is 40.2 Å². The predicted octanol–water partition coefficient (Wildman–Crippen LogP) is 5.86. The van der Waals surface area contributed by atoms with Crippen LogP contribution in [0.5, 0.6) is 5.75 Å². The molecule has 0 spiro atoms. The summed E-state index contributed by atoms with van der Waals surface area (Å²) >= 11 is 0. The molecule has 1 amide bonds. The minimum Gasteiger partial charge on any atom is -0.488 e. The topological polar surface area (TPSA) is 98.3 Å². The summed E-state index contributed by atoms with van der Waals surface area (Å²) < 4.78 is 66.1. The number of carbonyl (C=O) groups excluding carboxylic acids is 1. The van der Waals surface area contributed by atoms with Gasteiger partial charge in [0.2, 0.25) is 0 Å². The van der Waals surface area contributed by atoms with Gasteiger partial charge in [-0.25, -0.2) is 19.3 Å². The highest BCUT2D eigenvalue weighted by atomic mass is 19.4. The van der Waals surface area contributed by atoms with E-state index in [0.29, 0.717) is 24.3 Å². The number of nitrogens with zero attached hydrogens (tertiary/aromatic N) is 3. The largest absolute Gasteiger partial charge is 0.488 e. The van der Waals surface area contributed by atoms with Gasteiger partial charge in [0.15, 0.2) is 0 Å². The van der Waals surface area contributed by atoms with E-state index < -0.39 is 23.5 Å². The van der Waals surface area contributed by atoms with Crippen LogP contribution in [0.15, 0.2) is 73.3 Å². The van der Waals surface area contributed by atoms with E-state index in [1.807, 2.05) is 0 Å². The number of nitrogens with one attached hydrogen (secondary N) is 2. The van der Waals surface area contributed by atoms with E-state index in [4.69, 9.17) is 9.47 Å². The Morgan fingerprint density at radius 2 is 1.92 bits per heavy atom. The second-order valence-corrected chi connectivity index (χ2v) is 8.62. The summed E-state index contributed by atoms with van der Waals surface area (Å²) in [6.45, 7) is 0.714. The summed E-state index contributed by atoms with van der Waals surface area (Å²) in [6, 6.07) is 11.6. The quantitative estimate of drug-likeness (QED) is 0.284. The molecular formula is C27H21F4N5O3. The monoisotopic (exact) mass is 539 g/mol. The predicted molar refractivity (Wildman–Crippen MR) is 134 cm³/mol. The second kappa shape index (κ2) is 11.0. The Kier molecular flexibility index (Phi) is 7.37. The molecule has 1 atom stereocenters. The molecular weight excluding hydrogens is 518 g/mol. The minimum absolute atomic E-state index is 0.00231. The first-order valence-electron chi connectivity index (χ1n) is 11.8. The van der Waals surface area contributed by atoms with Crippen LogP contribution in [-0.2, 0) is 10.9 Å². The van der Waals surface area contributed by atoms with Gasteiger partial charge in [0.25, 0.3) is 5.91 Å². The summed E-state index contributed by atoms with van der Waals surface area (Å²) in [4.78, 5) is 25.3. The van der Waals surface area contributed by atoms with Crippen molar-refractivity contribution in [3.8, 4) is 17.0 Å². The number of amides is 1. The number of ether oxygens (including phenoxy) is 2. The van der Waals surface area contributed by atoms with Crippen molar-refractivity contribution in [3.05, 3.63) is 90.3 Å². The third kappa shape index (κ3) is 6.29. The first-order valence-corrected chi connectivity index (χ1v) is 11.8. The normalized spacial score (nSPS) is 15.1. The van der Waals surface area contributed by atoms with Crippen LogP contribution in [0.25, 0.3) is 11.3 Å². The third-order valence-corrected chi connectivity index (χ3v) is 5.83. The summed E-state index contributed by atoms with van der Waals surface area (Å²) in [6.07, 6.45) is -0.0889. The molecule has 0 saturated carbocycles. The van der Waals surface area contributed by atoms with Crippen LogP contribution in [0.4, 0.5) is 34.8 Å². The van der Waals surface area contributed by atoms with Crippen molar-refractivity contribution in [3.63, 3.8) is 0 Å². The maximum atomic E-state index is 14.7. The molecule has 12 heteroatoms. The maximum Gasteiger partial charge on any atom is 0.416 e. The molecule has 3 heterocycles. The average molecular weight is 539 g/mol. The number of aromatic nitrogens is 3. The molecule has 5 rings (SSSR count). The van der Waals surface area contributed by atoms with Gasteiger partial charge >= 0.3 is 6.18 Å². The Bertz CT molecular complexity index is 1480. The Hall–Kier alpha value is -4.58. The smallest absolute Gasteiger partial charge is 0.416 e. The lowest BCUT2D eigenvalue weighted by atomic mass is 10.1. The van der Waals surface area contributed by atoms with Gasteiger partial charge in [-0.3, -0.25) is 4.79 Å². The number of hydrogen-bond donors (Lipinski definition) is 2. The van der Waals surface area contributed by atoms with Crippen LogP contribution < -0.4 is 15.4 Å². The molecule has 1 saturated heterocycles. The number of pyridine rings is 1. The van der Waals surface area contributed by atoms with Gasteiger partial charge < -0.3 is 20.1 Å². The van der Waals surface area contributed by atoms with Crippen LogP contribution in [0.3, 0.4) is 0 Å². The summed E-state index contributed by atoms with van der Waals surface area (Å²) in [5.41, 5.74) is -0.0603. The molecule has 1 aliphatic rings. The molecule has 2 N–H and O–H groups in total. The zero-order chi connectivity index (χ0) is 27.4. The minimum atomic E-state index is -4.66. The van der Waals surface area contributed by atoms with Crippen molar-refractivity contribution < 1.29 is 31.8 Å². The molecule has 2 aromatic heterocycles. The van der Waals surface area contributed by atoms with Crippen LogP contribution in [0.1, 0.15) is 22.3 Å². The average Bonchev–Trinajstić information content (AvgIpc) is 3.43. The fraction of sp³-hybridized carbons (Fsp3) is 0.185. The molecule has 1 aliphatic heterocycles. The Balaban J connectivity index is 1.39. The van der Waals surface area contributed by atoms with E-state index in [1.165, 1.54) is 30.7 Å². The molecule has 0 bridgehead atoms. The van der Waals surface area contributed by atoms with E-state index in [9.17, 15) is 22.4 Å². The third-order valence-electron chi connectivity index (χ3n) is 5.83. The highest BCUT2D eigenvalue weighted by molar-refractivity contribution is 6.05. The second-order valence-electron chi connectivity index (χ2n) is 8.62. The van der Waals surface area contributed by atoms with Crippen LogP contribution in [0.2, 0.25) is 0 Å². The lowest BCUT2D eigenvalue weighted by Crippen LogP contribution is -2.17. The van der Waals surface area contributed by atoms with E-state index in [0.717, 1.165) is 18.2 Å². The standard InChI is InChI=1S/C27H21F4N5O3/c28-22-4-3-16(10-24(22)36-25-21(2-1-7-33-25)23-5-8-32-15-34-23)26(37)35-18-11-17(27(29,30)31)12-20(13-18)39-19-6-9-38-14-19/h1-5,7-8,10-13,15,19H,6,9,14H2,(H,33,36)(H,35,37). The van der Waals surface area contributed by atoms with E-state index >= 15 is 0 Å². The number of benzene rings is 2. The van der Waals surface area contributed by atoms with Gasteiger partial charge in [0.1, 0.15) is 29.8 Å². The van der Waals surface area contributed by atoms with Crippen molar-refractivity contribution in [2.24, 2.45) is 0 Å². The Morgan fingerprint density at radius 1 is 1.05 bits per heavy atom. The highest BCUT2D eigenvalue weighted by Crippen LogP contribution is 2.35. The van der Waals surface area contributed by atoms with Gasteiger partial charge in [-0.15, -0.1) is 0 Å². The van der Waals surface area contributed by atoms with Crippen molar-refractivity contribution in [2.45, 2.75) is 18.7 Å². The molecule has 1 fully saturated rings. The Labute approximate surface area is 220 Å². The van der Waals surface area contributed by atoms with Gasteiger partial charge in [-0.1, -0.05) is 0 Å². The number of alkyl halides is 3.